The fourth-order valence-electron chi connectivity index (χ4n) is 2.93. The number of carbonyl (C=O) groups excluding carboxylic acids is 3. The second-order valence-corrected chi connectivity index (χ2v) is 5.53. The van der Waals surface area contributed by atoms with Crippen LogP contribution in [0, 0.1) is 4.91 Å². The van der Waals surface area contributed by atoms with E-state index in [0.29, 0.717) is 16.6 Å². The molecule has 3 rings (SSSR count). The Kier molecular flexibility index (Phi) is 3.95. The molecule has 1 atom stereocenters. The maximum atomic E-state index is 12.9. The third kappa shape index (κ3) is 2.42. The highest BCUT2D eigenvalue weighted by atomic mass is 16.5. The molecule has 0 bridgehead atoms. The highest BCUT2D eigenvalue weighted by Gasteiger charge is 2.61. The van der Waals surface area contributed by atoms with Gasteiger partial charge in [-0.25, -0.2) is 9.69 Å². The first-order valence-corrected chi connectivity index (χ1v) is 7.27. The molecule has 2 heterocycles. The van der Waals surface area contributed by atoms with Crippen LogP contribution >= 0.6 is 0 Å². The summed E-state index contributed by atoms with van der Waals surface area (Å²) in [4.78, 5) is 49.1. The van der Waals surface area contributed by atoms with Gasteiger partial charge in [-0.15, -0.1) is 15.1 Å². The molecule has 2 aliphatic rings. The summed E-state index contributed by atoms with van der Waals surface area (Å²) in [6, 6.07) is 6.29. The summed E-state index contributed by atoms with van der Waals surface area (Å²) in [6.07, 6.45) is -0.559. The number of imide groups is 1. The van der Waals surface area contributed by atoms with Gasteiger partial charge in [-0.05, 0) is 24.3 Å². The van der Waals surface area contributed by atoms with Gasteiger partial charge in [-0.2, -0.15) is 0 Å². The first-order valence-electron chi connectivity index (χ1n) is 7.27. The average molecular weight is 346 g/mol. The summed E-state index contributed by atoms with van der Waals surface area (Å²) < 4.78 is 9.61. The standard InChI is InChI=1S/C15H14N4O6/c1-24-10-5-3-9(4-6-10)18-12(20)8-15(14(18)22)7-11(13(21)25-2)16-19(15)17-23/h3-6H,7-8H2,1-2H3/t15-/m0/s1. The highest BCUT2D eigenvalue weighted by Crippen LogP contribution is 2.40. The Bertz CT molecular complexity index is 790. The van der Waals surface area contributed by atoms with Gasteiger partial charge >= 0.3 is 5.97 Å². The zero-order valence-corrected chi connectivity index (χ0v) is 13.5. The van der Waals surface area contributed by atoms with Crippen molar-refractivity contribution in [3.63, 3.8) is 0 Å². The van der Waals surface area contributed by atoms with Crippen LogP contribution < -0.4 is 9.64 Å². The molecule has 130 valence electrons. The van der Waals surface area contributed by atoms with E-state index in [1.54, 1.807) is 24.3 Å². The van der Waals surface area contributed by atoms with Crippen LogP contribution in [-0.2, 0) is 19.1 Å². The number of carbonyl (C=O) groups is 3. The molecule has 25 heavy (non-hydrogen) atoms. The monoisotopic (exact) mass is 346 g/mol. The number of esters is 1. The molecule has 1 aromatic carbocycles. The number of hydrazone groups is 1. The van der Waals surface area contributed by atoms with E-state index in [1.807, 2.05) is 0 Å². The number of nitroso groups, excluding NO2 is 1. The van der Waals surface area contributed by atoms with E-state index < -0.39 is 23.3 Å². The van der Waals surface area contributed by atoms with E-state index in [9.17, 15) is 19.3 Å². The van der Waals surface area contributed by atoms with Crippen molar-refractivity contribution in [3.8, 4) is 5.75 Å². The van der Waals surface area contributed by atoms with Crippen molar-refractivity contribution in [1.29, 1.82) is 0 Å². The van der Waals surface area contributed by atoms with Crippen molar-refractivity contribution in [3.05, 3.63) is 29.2 Å². The number of hydrogen-bond acceptors (Lipinski definition) is 8. The lowest BCUT2D eigenvalue weighted by Gasteiger charge is -2.24. The maximum Gasteiger partial charge on any atom is 0.354 e. The van der Waals surface area contributed by atoms with Crippen LogP contribution in [0.3, 0.4) is 0 Å². The van der Waals surface area contributed by atoms with Crippen LogP contribution in [0.1, 0.15) is 12.8 Å². The smallest absolute Gasteiger partial charge is 0.354 e. The second kappa shape index (κ2) is 5.96. The number of anilines is 1. The first-order chi connectivity index (χ1) is 12.0. The van der Waals surface area contributed by atoms with Crippen LogP contribution in [-0.4, -0.2) is 48.4 Å². The Labute approximate surface area is 141 Å². The largest absolute Gasteiger partial charge is 0.497 e. The number of hydrogen-bond donors (Lipinski definition) is 0. The van der Waals surface area contributed by atoms with E-state index in [1.165, 1.54) is 7.11 Å². The Morgan fingerprint density at radius 2 is 1.88 bits per heavy atom. The van der Waals surface area contributed by atoms with E-state index in [4.69, 9.17) is 4.74 Å². The molecule has 0 saturated carbocycles. The normalized spacial score (nSPS) is 22.4. The maximum absolute atomic E-state index is 12.9. The molecule has 0 aliphatic carbocycles. The summed E-state index contributed by atoms with van der Waals surface area (Å²) >= 11 is 0. The molecule has 0 aromatic heterocycles. The van der Waals surface area contributed by atoms with E-state index in [2.05, 4.69) is 15.1 Å². The van der Waals surface area contributed by atoms with Gasteiger partial charge in [0, 0.05) is 6.42 Å². The molecular formula is C15H14N4O6. The molecule has 1 saturated heterocycles. The Balaban J connectivity index is 1.95. The summed E-state index contributed by atoms with van der Waals surface area (Å²) in [5.41, 5.74) is -1.45. The third-order valence-corrected chi connectivity index (χ3v) is 4.18. The van der Waals surface area contributed by atoms with Gasteiger partial charge in [0.2, 0.25) is 5.91 Å². The predicted molar refractivity (Wildman–Crippen MR) is 84.5 cm³/mol. The fourth-order valence-corrected chi connectivity index (χ4v) is 2.93. The van der Waals surface area contributed by atoms with Crippen LogP contribution in [0.2, 0.25) is 0 Å². The molecule has 0 unspecified atom stereocenters. The van der Waals surface area contributed by atoms with Crippen LogP contribution in [0.15, 0.2) is 34.7 Å². The Morgan fingerprint density at radius 3 is 2.44 bits per heavy atom. The molecular weight excluding hydrogens is 332 g/mol. The molecule has 10 heteroatoms. The average Bonchev–Trinajstić information content (AvgIpc) is 3.12. The zero-order valence-electron chi connectivity index (χ0n) is 13.5. The van der Waals surface area contributed by atoms with E-state index in [0.717, 1.165) is 12.0 Å². The minimum Gasteiger partial charge on any atom is -0.497 e. The SMILES string of the molecule is COC(=O)C1=NN(N=O)[C@]2(CC(=O)N(c3ccc(OC)cc3)C2=O)C1. The molecule has 1 aromatic rings. The van der Waals surface area contributed by atoms with Crippen molar-refractivity contribution in [2.24, 2.45) is 10.4 Å². The molecule has 0 N–H and O–H groups in total. The van der Waals surface area contributed by atoms with Crippen molar-refractivity contribution < 1.29 is 23.9 Å². The predicted octanol–water partition coefficient (Wildman–Crippen LogP) is 0.613. The number of rotatable bonds is 4. The molecule has 1 spiro atoms. The highest BCUT2D eigenvalue weighted by molar-refractivity contribution is 6.39. The number of benzene rings is 1. The molecule has 2 amide bonds. The lowest BCUT2D eigenvalue weighted by atomic mass is 9.92. The molecule has 1 fully saturated rings. The van der Waals surface area contributed by atoms with Crippen molar-refractivity contribution in [2.45, 2.75) is 18.4 Å². The quantitative estimate of drug-likeness (QED) is 0.445. The minimum absolute atomic E-state index is 0.139. The van der Waals surface area contributed by atoms with E-state index >= 15 is 0 Å². The zero-order chi connectivity index (χ0) is 18.2. The lowest BCUT2D eigenvalue weighted by molar-refractivity contribution is -0.132. The van der Waals surface area contributed by atoms with Crippen LogP contribution in [0.4, 0.5) is 5.69 Å². The fraction of sp³-hybridized carbons (Fsp3) is 0.333. The summed E-state index contributed by atoms with van der Waals surface area (Å²) in [5.74, 6) is -1.42. The topological polar surface area (TPSA) is 118 Å². The summed E-state index contributed by atoms with van der Waals surface area (Å²) in [6.45, 7) is 0. The van der Waals surface area contributed by atoms with Crippen molar-refractivity contribution in [1.82, 2.24) is 5.12 Å². The second-order valence-electron chi connectivity index (χ2n) is 5.53. The number of methoxy groups -OCH3 is 2. The van der Waals surface area contributed by atoms with Gasteiger partial charge in [0.05, 0.1) is 31.6 Å². The third-order valence-electron chi connectivity index (χ3n) is 4.18. The summed E-state index contributed by atoms with van der Waals surface area (Å²) in [7, 11) is 2.65. The first kappa shape index (κ1) is 16.6. The lowest BCUT2D eigenvalue weighted by Crippen LogP contribution is -2.48. The molecule has 10 nitrogen and oxygen atoms in total. The molecule has 2 aliphatic heterocycles. The molecule has 0 radical (unpaired) electrons. The van der Waals surface area contributed by atoms with Crippen LogP contribution in [0.25, 0.3) is 0 Å². The number of amides is 2. The number of ether oxygens (including phenoxy) is 2. The number of nitrogens with zero attached hydrogens (tertiary/aromatic N) is 4. The van der Waals surface area contributed by atoms with Gasteiger partial charge in [0.25, 0.3) is 5.91 Å². The Hall–Kier alpha value is -3.30. The Morgan fingerprint density at radius 1 is 1.20 bits per heavy atom. The van der Waals surface area contributed by atoms with Gasteiger partial charge < -0.3 is 9.47 Å². The van der Waals surface area contributed by atoms with E-state index in [-0.39, 0.29) is 18.6 Å². The van der Waals surface area contributed by atoms with Gasteiger partial charge in [-0.3, -0.25) is 9.59 Å². The van der Waals surface area contributed by atoms with Crippen LogP contribution in [0.5, 0.6) is 5.75 Å². The summed E-state index contributed by atoms with van der Waals surface area (Å²) in [5, 5.41) is 7.01. The minimum atomic E-state index is -1.64. The van der Waals surface area contributed by atoms with Gasteiger partial charge in [0.15, 0.2) is 11.3 Å². The van der Waals surface area contributed by atoms with Crippen molar-refractivity contribution >= 4 is 29.2 Å². The van der Waals surface area contributed by atoms with Gasteiger partial charge in [-0.1, -0.05) is 0 Å². The van der Waals surface area contributed by atoms with Gasteiger partial charge in [0.1, 0.15) is 5.75 Å². The van der Waals surface area contributed by atoms with Crippen molar-refractivity contribution in [2.75, 3.05) is 19.1 Å².